The van der Waals surface area contributed by atoms with Crippen molar-refractivity contribution in [2.45, 2.75) is 146 Å². The monoisotopic (exact) mass is 1580 g/mol. The van der Waals surface area contributed by atoms with Crippen LogP contribution in [-0.2, 0) is 57.9 Å². The van der Waals surface area contributed by atoms with Crippen molar-refractivity contribution >= 4 is 102 Å². The van der Waals surface area contributed by atoms with E-state index < -0.39 is 0 Å². The molecule has 0 N–H and O–H groups in total. The fourth-order valence-corrected chi connectivity index (χ4v) is 13.6. The molecule has 0 saturated carbocycles. The van der Waals surface area contributed by atoms with E-state index in [-0.39, 0.29) is 44.8 Å². The standard InChI is InChI=1S/C54H66N4.2C13H8N3.2Au/c1-33(2)43-21-15-19-39(13)51(43)57-31-55(53-45(35(5)6)23-17-24-46(53)36(7)8)29-41-28-50-42(27-49(41)57)30-56(54-47(37(9)10)25-18-26-48(54)38(11)12)32-58(50)52-40(14)20-16-22-44(52)34(3)4;2*1-3-7-11-9(5-1)14-13-15-10-6-2-4-8-12(10)16(11)13;;/h15-28,33-38H,29-30H2,1-14H3;2*1-8H;;/q;2*-1;;. The first-order valence-electron chi connectivity index (χ1n) is 32.3. The van der Waals surface area contributed by atoms with E-state index in [0.717, 1.165) is 68.8 Å². The van der Waals surface area contributed by atoms with Crippen LogP contribution in [0.15, 0.2) is 182 Å². The predicted molar refractivity (Wildman–Crippen MR) is 375 cm³/mol. The molecule has 0 saturated heterocycles. The molecular formula is C80H82Au2N10-2. The fraction of sp³-hybridized carbons (Fsp3) is 0.275. The molecule has 6 heterocycles. The Bertz CT molecular complexity index is 4440. The van der Waals surface area contributed by atoms with Gasteiger partial charge in [-0.2, -0.15) is 0 Å². The number of hydrogen-bond donors (Lipinski definition) is 0. The van der Waals surface area contributed by atoms with E-state index in [9.17, 15) is 0 Å². The Labute approximate surface area is 573 Å². The number of hydrogen-bond acceptors (Lipinski definition) is 4. The van der Waals surface area contributed by atoms with Gasteiger partial charge < -0.3 is 47.7 Å². The maximum atomic E-state index is 4.50. The van der Waals surface area contributed by atoms with Gasteiger partial charge in [0.05, 0.1) is 47.2 Å². The van der Waals surface area contributed by atoms with Gasteiger partial charge in [0.1, 0.15) is 0 Å². The van der Waals surface area contributed by atoms with Crippen LogP contribution in [0.25, 0.3) is 55.7 Å². The number of para-hydroxylation sites is 12. The van der Waals surface area contributed by atoms with Crippen LogP contribution in [0.2, 0.25) is 0 Å². The first-order valence-corrected chi connectivity index (χ1v) is 32.3. The largest absolute Gasteiger partial charge is 0.366 e. The molecule has 4 aromatic heterocycles. The van der Waals surface area contributed by atoms with Gasteiger partial charge in [0.25, 0.3) is 0 Å². The van der Waals surface area contributed by atoms with Gasteiger partial charge in [-0.1, -0.05) is 265 Å². The minimum atomic E-state index is 0. The number of aromatic nitrogens is 6. The molecule has 0 unspecified atom stereocenters. The summed E-state index contributed by atoms with van der Waals surface area (Å²) in [6.45, 7) is 33.8. The van der Waals surface area contributed by atoms with Gasteiger partial charge in [-0.05, 0) is 105 Å². The van der Waals surface area contributed by atoms with E-state index in [1.54, 1.807) is 0 Å². The molecule has 12 heteroatoms. The van der Waals surface area contributed by atoms with Crippen molar-refractivity contribution in [3.63, 3.8) is 0 Å². The minimum Gasteiger partial charge on any atom is -0.366 e. The summed E-state index contributed by atoms with van der Waals surface area (Å²) in [6.07, 6.45) is 8.13. The third kappa shape index (κ3) is 12.0. The maximum Gasteiger partial charge on any atom is 0.245 e. The first kappa shape index (κ1) is 65.4. The van der Waals surface area contributed by atoms with Crippen molar-refractivity contribution in [2.75, 3.05) is 9.80 Å². The molecule has 0 fully saturated rings. The Kier molecular flexibility index (Phi) is 19.1. The van der Waals surface area contributed by atoms with Crippen LogP contribution in [0.3, 0.4) is 0 Å². The van der Waals surface area contributed by atoms with E-state index in [0.29, 0.717) is 35.5 Å². The molecule has 476 valence electrons. The second-order valence-electron chi connectivity index (χ2n) is 26.3. The average molecular weight is 1580 g/mol. The van der Waals surface area contributed by atoms with Gasteiger partial charge in [0.15, 0.2) is 0 Å². The first-order chi connectivity index (χ1) is 43.4. The Morgan fingerprint density at radius 2 is 0.674 bits per heavy atom. The van der Waals surface area contributed by atoms with Crippen LogP contribution in [0.1, 0.15) is 174 Å². The van der Waals surface area contributed by atoms with Crippen LogP contribution in [0, 0.1) is 13.8 Å². The van der Waals surface area contributed by atoms with Crippen LogP contribution >= 0.6 is 0 Å². The molecule has 0 aliphatic carbocycles. The number of benzene rings is 9. The minimum absolute atomic E-state index is 0. The third-order valence-electron chi connectivity index (χ3n) is 18.1. The van der Waals surface area contributed by atoms with Crippen LogP contribution in [0.5, 0.6) is 0 Å². The van der Waals surface area contributed by atoms with Gasteiger partial charge in [-0.25, -0.2) is 0 Å². The van der Waals surface area contributed by atoms with Crippen molar-refractivity contribution < 1.29 is 53.9 Å². The summed E-state index contributed by atoms with van der Waals surface area (Å²) in [7, 11) is 0. The smallest absolute Gasteiger partial charge is 0.245 e. The summed E-state index contributed by atoms with van der Waals surface area (Å²) in [5, 5.41) is 0. The van der Waals surface area contributed by atoms with E-state index in [1.807, 2.05) is 72.8 Å². The number of nitrogens with zero attached hydrogens (tertiary/aromatic N) is 10. The Balaban J connectivity index is 0.000000202. The molecule has 0 atom stereocenters. The van der Waals surface area contributed by atoms with Crippen molar-refractivity contribution in [1.82, 2.24) is 28.7 Å². The van der Waals surface area contributed by atoms with Gasteiger partial charge in [-0.15, -0.1) is 0 Å². The molecule has 0 bridgehead atoms. The van der Waals surface area contributed by atoms with Gasteiger partial charge in [0.2, 0.25) is 12.7 Å². The van der Waals surface area contributed by atoms with Crippen LogP contribution in [0.4, 0.5) is 34.1 Å². The zero-order chi connectivity index (χ0) is 62.8. The topological polar surface area (TPSA) is 75.3 Å². The molecule has 13 aromatic rings. The predicted octanol–water partition coefficient (Wildman–Crippen LogP) is 20.0. The number of imidazole rings is 4. The summed E-state index contributed by atoms with van der Waals surface area (Å²) in [4.78, 5) is 22.8. The molecular weight excluding hydrogens is 1490 g/mol. The average Bonchev–Trinajstić information content (AvgIpc) is 1.04. The molecule has 2 radical (unpaired) electrons. The van der Waals surface area contributed by atoms with Crippen LogP contribution < -0.4 is 19.8 Å². The zero-order valence-electron chi connectivity index (χ0n) is 55.3. The summed E-state index contributed by atoms with van der Waals surface area (Å²) < 4.78 is 9.07. The fourth-order valence-electron chi connectivity index (χ4n) is 13.6. The zero-order valence-corrected chi connectivity index (χ0v) is 59.6. The third-order valence-corrected chi connectivity index (χ3v) is 18.1. The molecule has 2 aliphatic heterocycles. The van der Waals surface area contributed by atoms with E-state index in [4.69, 9.17) is 0 Å². The molecule has 9 aromatic carbocycles. The van der Waals surface area contributed by atoms with Crippen molar-refractivity contribution in [3.05, 3.63) is 238 Å². The molecule has 92 heavy (non-hydrogen) atoms. The van der Waals surface area contributed by atoms with Crippen molar-refractivity contribution in [1.29, 1.82) is 0 Å². The summed E-state index contributed by atoms with van der Waals surface area (Å²) >= 11 is 0. The van der Waals surface area contributed by atoms with E-state index in [2.05, 4.69) is 266 Å². The number of rotatable bonds is 10. The second kappa shape index (κ2) is 26.9. The number of anilines is 4. The number of fused-ring (bicyclic) bond motifs is 12. The van der Waals surface area contributed by atoms with E-state index >= 15 is 0 Å². The quantitative estimate of drug-likeness (QED) is 0.0772. The Hall–Kier alpha value is -8.06. The van der Waals surface area contributed by atoms with Gasteiger partial charge in [0, 0.05) is 100 Å². The SMILES string of the molecule is Cc1cccc(C(C)C)c1N1[C-]=[N+](c2c(C(C)C)cccc2C(C)C)Cc2cc3c(cc21)C[N+](c1c(C(C)C)cccc1C(C)C)=[C-]N3c1c(C)cccc1C(C)C.[Au].[Au].c1ccc2c(c1)nc1[n-]c3ccccc3n12.c1ccc2c(c1)nc1[n-]c3ccccc3n12. The van der Waals surface area contributed by atoms with Crippen molar-refractivity contribution in [3.8, 4) is 0 Å². The van der Waals surface area contributed by atoms with E-state index in [1.165, 1.54) is 89.8 Å². The van der Waals surface area contributed by atoms with Gasteiger partial charge in [-0.3, -0.25) is 0 Å². The number of aryl methyl sites for hydroxylation is 2. The van der Waals surface area contributed by atoms with Crippen molar-refractivity contribution in [2.24, 2.45) is 0 Å². The summed E-state index contributed by atoms with van der Waals surface area (Å²) in [5.74, 6) is 3.71. The Morgan fingerprint density at radius 3 is 1.02 bits per heavy atom. The molecule has 0 spiro atoms. The maximum absolute atomic E-state index is 4.50. The molecule has 0 amide bonds. The van der Waals surface area contributed by atoms with Crippen LogP contribution in [-0.4, -0.2) is 40.6 Å². The second-order valence-corrected chi connectivity index (χ2v) is 26.3. The molecule has 10 nitrogen and oxygen atoms in total. The summed E-state index contributed by atoms with van der Waals surface area (Å²) in [5.41, 5.74) is 29.1. The Morgan fingerprint density at radius 1 is 0.370 bits per heavy atom. The van der Waals surface area contributed by atoms with Gasteiger partial charge >= 0.3 is 0 Å². The summed E-state index contributed by atoms with van der Waals surface area (Å²) in [6, 6.07) is 64.7. The molecule has 2 aliphatic rings. The normalized spacial score (nSPS) is 13.1. The molecule has 15 rings (SSSR count).